The summed E-state index contributed by atoms with van der Waals surface area (Å²) in [6.07, 6.45) is 6.16. The first-order valence-corrected chi connectivity index (χ1v) is 6.32. The van der Waals surface area contributed by atoms with Crippen LogP contribution >= 0.6 is 0 Å². The molecule has 0 spiro atoms. The predicted molar refractivity (Wildman–Crippen MR) is 67.2 cm³/mol. The Kier molecular flexibility index (Phi) is 2.96. The molecule has 0 unspecified atom stereocenters. The van der Waals surface area contributed by atoms with Gasteiger partial charge < -0.3 is 9.84 Å². The Labute approximate surface area is 106 Å². The van der Waals surface area contributed by atoms with Gasteiger partial charge >= 0.3 is 0 Å². The zero-order chi connectivity index (χ0) is 12.4. The molecule has 0 bridgehead atoms. The van der Waals surface area contributed by atoms with E-state index in [1.807, 2.05) is 13.0 Å². The fraction of sp³-hybridized carbons (Fsp3) is 0.462. The number of fused-ring (bicyclic) bond motifs is 1. The molecule has 1 N–H and O–H groups in total. The van der Waals surface area contributed by atoms with Gasteiger partial charge in [-0.05, 0) is 32.6 Å². The molecule has 5 heteroatoms. The summed E-state index contributed by atoms with van der Waals surface area (Å²) in [6, 6.07) is 1.85. The normalized spacial score (nSPS) is 14.3. The molecule has 0 radical (unpaired) electrons. The van der Waals surface area contributed by atoms with Crippen molar-refractivity contribution in [3.05, 3.63) is 35.1 Å². The summed E-state index contributed by atoms with van der Waals surface area (Å²) >= 11 is 0. The highest BCUT2D eigenvalue weighted by Crippen LogP contribution is 2.25. The number of anilines is 1. The Hall–Kier alpha value is -1.91. The van der Waals surface area contributed by atoms with Crippen LogP contribution in [0, 0.1) is 6.92 Å². The van der Waals surface area contributed by atoms with Gasteiger partial charge in [0.2, 0.25) is 0 Å². The SMILES string of the molecule is Cc1nc2c(c(NCc3ccon3)n1)CCCC2. The van der Waals surface area contributed by atoms with E-state index in [0.29, 0.717) is 6.54 Å². The molecule has 2 aromatic rings. The van der Waals surface area contributed by atoms with Crippen LogP contribution in [0.2, 0.25) is 0 Å². The van der Waals surface area contributed by atoms with E-state index in [4.69, 9.17) is 4.52 Å². The zero-order valence-corrected chi connectivity index (χ0v) is 10.4. The number of rotatable bonds is 3. The van der Waals surface area contributed by atoms with Crippen LogP contribution in [0.4, 0.5) is 5.82 Å². The van der Waals surface area contributed by atoms with Crippen LogP contribution < -0.4 is 5.32 Å². The van der Waals surface area contributed by atoms with Gasteiger partial charge in [-0.2, -0.15) is 0 Å². The number of nitrogens with zero attached hydrogens (tertiary/aromatic N) is 3. The fourth-order valence-corrected chi connectivity index (χ4v) is 2.37. The second-order valence-electron chi connectivity index (χ2n) is 4.60. The van der Waals surface area contributed by atoms with Gasteiger partial charge in [-0.3, -0.25) is 0 Å². The van der Waals surface area contributed by atoms with Crippen molar-refractivity contribution < 1.29 is 4.52 Å². The minimum absolute atomic E-state index is 0.638. The molecule has 18 heavy (non-hydrogen) atoms. The van der Waals surface area contributed by atoms with E-state index >= 15 is 0 Å². The van der Waals surface area contributed by atoms with Gasteiger partial charge in [0, 0.05) is 17.3 Å². The average molecular weight is 244 g/mol. The average Bonchev–Trinajstić information content (AvgIpc) is 2.89. The minimum Gasteiger partial charge on any atom is -0.364 e. The zero-order valence-electron chi connectivity index (χ0n) is 10.4. The standard InChI is InChI=1S/C13H16N4O/c1-9-15-12-5-3-2-4-11(12)13(16-9)14-8-10-6-7-18-17-10/h6-7H,2-5,8H2,1H3,(H,14,15,16). The summed E-state index contributed by atoms with van der Waals surface area (Å²) in [5.74, 6) is 1.79. The maximum atomic E-state index is 4.82. The first kappa shape index (κ1) is 11.2. The van der Waals surface area contributed by atoms with Gasteiger partial charge in [-0.1, -0.05) is 5.16 Å². The van der Waals surface area contributed by atoms with Crippen LogP contribution in [-0.2, 0) is 19.4 Å². The van der Waals surface area contributed by atoms with E-state index in [0.717, 1.165) is 30.2 Å². The largest absolute Gasteiger partial charge is 0.364 e. The third-order valence-electron chi connectivity index (χ3n) is 3.22. The lowest BCUT2D eigenvalue weighted by Crippen LogP contribution is -2.13. The molecule has 1 aliphatic rings. The molecule has 0 saturated carbocycles. The molecule has 5 nitrogen and oxygen atoms in total. The van der Waals surface area contributed by atoms with Crippen molar-refractivity contribution in [1.82, 2.24) is 15.1 Å². The predicted octanol–water partition coefficient (Wildman–Crippen LogP) is 2.26. The summed E-state index contributed by atoms with van der Waals surface area (Å²) in [5.41, 5.74) is 3.36. The van der Waals surface area contributed by atoms with Crippen LogP contribution in [0.3, 0.4) is 0 Å². The smallest absolute Gasteiger partial charge is 0.133 e. The highest BCUT2D eigenvalue weighted by atomic mass is 16.5. The van der Waals surface area contributed by atoms with Crippen molar-refractivity contribution in [1.29, 1.82) is 0 Å². The first-order valence-electron chi connectivity index (χ1n) is 6.32. The molecule has 0 saturated heterocycles. The number of hydrogen-bond acceptors (Lipinski definition) is 5. The highest BCUT2D eigenvalue weighted by Gasteiger charge is 2.16. The summed E-state index contributed by atoms with van der Waals surface area (Å²) in [4.78, 5) is 9.04. The summed E-state index contributed by atoms with van der Waals surface area (Å²) in [6.45, 7) is 2.58. The van der Waals surface area contributed by atoms with E-state index in [-0.39, 0.29) is 0 Å². The molecule has 0 amide bonds. The summed E-state index contributed by atoms with van der Waals surface area (Å²) in [5, 5.41) is 7.23. The minimum atomic E-state index is 0.638. The van der Waals surface area contributed by atoms with Crippen LogP contribution in [0.1, 0.15) is 35.6 Å². The van der Waals surface area contributed by atoms with Crippen molar-refractivity contribution in [3.63, 3.8) is 0 Å². The Morgan fingerprint density at radius 3 is 3.00 bits per heavy atom. The molecular formula is C13H16N4O. The maximum absolute atomic E-state index is 4.82. The Morgan fingerprint density at radius 1 is 1.28 bits per heavy atom. The second-order valence-corrected chi connectivity index (χ2v) is 4.60. The molecule has 0 atom stereocenters. The Balaban J connectivity index is 1.84. The topological polar surface area (TPSA) is 63.8 Å². The Bertz CT molecular complexity index is 536. The monoisotopic (exact) mass is 244 g/mol. The van der Waals surface area contributed by atoms with Gasteiger partial charge in [0.25, 0.3) is 0 Å². The quantitative estimate of drug-likeness (QED) is 0.897. The van der Waals surface area contributed by atoms with Crippen LogP contribution in [0.25, 0.3) is 0 Å². The molecule has 0 aliphatic heterocycles. The lowest BCUT2D eigenvalue weighted by Gasteiger charge is -2.18. The van der Waals surface area contributed by atoms with E-state index in [2.05, 4.69) is 20.4 Å². The molecular weight excluding hydrogens is 228 g/mol. The van der Waals surface area contributed by atoms with Crippen molar-refractivity contribution in [2.45, 2.75) is 39.2 Å². The van der Waals surface area contributed by atoms with Gasteiger partial charge in [0.05, 0.1) is 6.54 Å². The number of aromatic nitrogens is 3. The maximum Gasteiger partial charge on any atom is 0.133 e. The van der Waals surface area contributed by atoms with E-state index in [1.54, 1.807) is 6.26 Å². The molecule has 1 aliphatic carbocycles. The van der Waals surface area contributed by atoms with Crippen LogP contribution in [-0.4, -0.2) is 15.1 Å². The highest BCUT2D eigenvalue weighted by molar-refractivity contribution is 5.47. The first-order chi connectivity index (χ1) is 8.83. The summed E-state index contributed by atoms with van der Waals surface area (Å²) < 4.78 is 4.82. The van der Waals surface area contributed by atoms with E-state index in [1.165, 1.54) is 24.1 Å². The van der Waals surface area contributed by atoms with Crippen molar-refractivity contribution in [2.24, 2.45) is 0 Å². The molecule has 2 aromatic heterocycles. The number of aryl methyl sites for hydroxylation is 2. The Morgan fingerprint density at radius 2 is 2.17 bits per heavy atom. The van der Waals surface area contributed by atoms with Crippen LogP contribution in [0.5, 0.6) is 0 Å². The number of hydrogen-bond donors (Lipinski definition) is 1. The molecule has 0 aromatic carbocycles. The fourth-order valence-electron chi connectivity index (χ4n) is 2.37. The third-order valence-corrected chi connectivity index (χ3v) is 3.22. The van der Waals surface area contributed by atoms with Gasteiger partial charge in [-0.25, -0.2) is 9.97 Å². The molecule has 94 valence electrons. The molecule has 3 rings (SSSR count). The number of nitrogens with one attached hydrogen (secondary N) is 1. The third kappa shape index (κ3) is 2.20. The van der Waals surface area contributed by atoms with Crippen molar-refractivity contribution >= 4 is 5.82 Å². The van der Waals surface area contributed by atoms with Gasteiger partial charge in [-0.15, -0.1) is 0 Å². The van der Waals surface area contributed by atoms with Gasteiger partial charge in [0.1, 0.15) is 23.6 Å². The van der Waals surface area contributed by atoms with Gasteiger partial charge in [0.15, 0.2) is 0 Å². The molecule has 0 fully saturated rings. The van der Waals surface area contributed by atoms with E-state index in [9.17, 15) is 0 Å². The van der Waals surface area contributed by atoms with Crippen molar-refractivity contribution in [3.8, 4) is 0 Å². The summed E-state index contributed by atoms with van der Waals surface area (Å²) in [7, 11) is 0. The molecule has 2 heterocycles. The van der Waals surface area contributed by atoms with Crippen molar-refractivity contribution in [2.75, 3.05) is 5.32 Å². The van der Waals surface area contributed by atoms with Crippen LogP contribution in [0.15, 0.2) is 16.9 Å². The second kappa shape index (κ2) is 4.76. The lowest BCUT2D eigenvalue weighted by molar-refractivity contribution is 0.412. The lowest BCUT2D eigenvalue weighted by atomic mass is 9.96. The van der Waals surface area contributed by atoms with E-state index < -0.39 is 0 Å².